The topological polar surface area (TPSA) is 71.1 Å². The van der Waals surface area contributed by atoms with E-state index in [4.69, 9.17) is 0 Å². The van der Waals surface area contributed by atoms with Crippen LogP contribution < -0.4 is 10.6 Å². The number of carbonyl (C=O) groups is 2. The molecular formula is C18H18F3N3O2. The van der Waals surface area contributed by atoms with Gasteiger partial charge in [0.1, 0.15) is 11.4 Å². The average molecular weight is 365 g/mol. The second-order valence-electron chi connectivity index (χ2n) is 6.64. The van der Waals surface area contributed by atoms with Gasteiger partial charge < -0.3 is 10.6 Å². The minimum absolute atomic E-state index is 0.0174. The van der Waals surface area contributed by atoms with E-state index in [1.807, 2.05) is 0 Å². The molecule has 0 fully saturated rings. The fourth-order valence-electron chi connectivity index (χ4n) is 2.06. The lowest BCUT2D eigenvalue weighted by Gasteiger charge is -2.20. The normalized spacial score (nSPS) is 11.8. The van der Waals surface area contributed by atoms with E-state index in [9.17, 15) is 22.8 Å². The second kappa shape index (κ2) is 7.15. The first-order valence-corrected chi connectivity index (χ1v) is 7.74. The summed E-state index contributed by atoms with van der Waals surface area (Å²) in [6, 6.07) is 8.56. The summed E-state index contributed by atoms with van der Waals surface area (Å²) in [5.74, 6) is -1.17. The van der Waals surface area contributed by atoms with Crippen LogP contribution in [0.5, 0.6) is 0 Å². The molecule has 0 atom stereocenters. The van der Waals surface area contributed by atoms with Crippen molar-refractivity contribution in [1.29, 1.82) is 0 Å². The first-order valence-electron chi connectivity index (χ1n) is 7.74. The van der Waals surface area contributed by atoms with Crippen LogP contribution in [0, 0.1) is 0 Å². The van der Waals surface area contributed by atoms with E-state index < -0.39 is 29.1 Å². The van der Waals surface area contributed by atoms with Crippen LogP contribution in [0.2, 0.25) is 0 Å². The van der Waals surface area contributed by atoms with Crippen LogP contribution in [-0.2, 0) is 6.18 Å². The molecule has 0 unspecified atom stereocenters. The number of benzene rings is 1. The molecule has 2 rings (SSSR count). The minimum Gasteiger partial charge on any atom is -0.346 e. The molecule has 0 aliphatic heterocycles. The molecule has 0 aliphatic rings. The molecular weight excluding hydrogens is 347 g/mol. The maximum atomic E-state index is 12.7. The Morgan fingerprint density at radius 3 is 2.08 bits per heavy atom. The quantitative estimate of drug-likeness (QED) is 0.867. The standard InChI is InChI=1S/C18H18F3N3O2/c1-17(2,3)24-16(26)14-9-5-8-13(23-14)15(25)22-12-7-4-6-11(10-12)18(19,20)21/h4-10H,1-3H3,(H,22,25)(H,24,26). The van der Waals surface area contributed by atoms with Crippen LogP contribution in [0.25, 0.3) is 0 Å². The largest absolute Gasteiger partial charge is 0.416 e. The van der Waals surface area contributed by atoms with Crippen molar-refractivity contribution in [2.45, 2.75) is 32.5 Å². The highest BCUT2D eigenvalue weighted by Crippen LogP contribution is 2.30. The van der Waals surface area contributed by atoms with E-state index in [0.717, 1.165) is 12.1 Å². The fourth-order valence-corrected chi connectivity index (χ4v) is 2.06. The zero-order chi connectivity index (χ0) is 19.5. The Morgan fingerprint density at radius 1 is 0.923 bits per heavy atom. The molecule has 5 nitrogen and oxygen atoms in total. The Bertz CT molecular complexity index is 827. The van der Waals surface area contributed by atoms with E-state index in [1.165, 1.54) is 30.3 Å². The molecule has 0 bridgehead atoms. The molecule has 138 valence electrons. The Balaban J connectivity index is 2.18. The second-order valence-corrected chi connectivity index (χ2v) is 6.64. The van der Waals surface area contributed by atoms with Gasteiger partial charge in [0.2, 0.25) is 0 Å². The molecule has 1 heterocycles. The number of pyridine rings is 1. The van der Waals surface area contributed by atoms with Crippen LogP contribution in [0.4, 0.5) is 18.9 Å². The predicted molar refractivity (Wildman–Crippen MR) is 90.9 cm³/mol. The van der Waals surface area contributed by atoms with Crippen molar-refractivity contribution < 1.29 is 22.8 Å². The molecule has 2 N–H and O–H groups in total. The number of amides is 2. The van der Waals surface area contributed by atoms with Crippen molar-refractivity contribution in [2.24, 2.45) is 0 Å². The third-order valence-electron chi connectivity index (χ3n) is 3.15. The zero-order valence-electron chi connectivity index (χ0n) is 14.4. The Morgan fingerprint density at radius 2 is 1.50 bits per heavy atom. The Hall–Kier alpha value is -2.90. The molecule has 8 heteroatoms. The molecule has 0 saturated heterocycles. The summed E-state index contributed by atoms with van der Waals surface area (Å²) in [5, 5.41) is 5.07. The molecule has 2 aromatic rings. The van der Waals surface area contributed by atoms with E-state index in [1.54, 1.807) is 20.8 Å². The summed E-state index contributed by atoms with van der Waals surface area (Å²) >= 11 is 0. The van der Waals surface area contributed by atoms with Crippen molar-refractivity contribution in [1.82, 2.24) is 10.3 Å². The predicted octanol–water partition coefficient (Wildman–Crippen LogP) is 3.88. The number of anilines is 1. The van der Waals surface area contributed by atoms with Gasteiger partial charge in [0.25, 0.3) is 11.8 Å². The lowest BCUT2D eigenvalue weighted by Crippen LogP contribution is -2.41. The van der Waals surface area contributed by atoms with Crippen molar-refractivity contribution in [3.63, 3.8) is 0 Å². The van der Waals surface area contributed by atoms with Gasteiger partial charge in [-0.3, -0.25) is 9.59 Å². The van der Waals surface area contributed by atoms with Crippen molar-refractivity contribution in [3.8, 4) is 0 Å². The molecule has 0 spiro atoms. The number of aromatic nitrogens is 1. The van der Waals surface area contributed by atoms with Crippen molar-refractivity contribution in [3.05, 3.63) is 59.4 Å². The zero-order valence-corrected chi connectivity index (χ0v) is 14.4. The van der Waals surface area contributed by atoms with Gasteiger partial charge in [-0.2, -0.15) is 13.2 Å². The Labute approximate surface area is 148 Å². The van der Waals surface area contributed by atoms with Crippen molar-refractivity contribution >= 4 is 17.5 Å². The number of nitrogens with one attached hydrogen (secondary N) is 2. The van der Waals surface area contributed by atoms with Gasteiger partial charge in [0.15, 0.2) is 0 Å². The van der Waals surface area contributed by atoms with Crippen molar-refractivity contribution in [2.75, 3.05) is 5.32 Å². The number of rotatable bonds is 3. The first-order chi connectivity index (χ1) is 12.0. The molecule has 0 saturated carbocycles. The van der Waals surface area contributed by atoms with E-state index in [0.29, 0.717) is 0 Å². The van der Waals surface area contributed by atoms with E-state index in [-0.39, 0.29) is 17.1 Å². The summed E-state index contributed by atoms with van der Waals surface area (Å²) in [6.07, 6.45) is -4.51. The van der Waals surface area contributed by atoms with Gasteiger partial charge in [-0.1, -0.05) is 12.1 Å². The maximum Gasteiger partial charge on any atom is 0.416 e. The van der Waals surface area contributed by atoms with Gasteiger partial charge in [-0.25, -0.2) is 4.98 Å². The molecule has 0 radical (unpaired) electrons. The molecule has 26 heavy (non-hydrogen) atoms. The molecule has 0 aliphatic carbocycles. The lowest BCUT2D eigenvalue weighted by atomic mass is 10.1. The number of nitrogens with zero attached hydrogens (tertiary/aromatic N) is 1. The van der Waals surface area contributed by atoms with Gasteiger partial charge in [-0.05, 0) is 51.1 Å². The van der Waals surface area contributed by atoms with Crippen LogP contribution in [0.15, 0.2) is 42.5 Å². The molecule has 1 aromatic carbocycles. The number of hydrogen-bond acceptors (Lipinski definition) is 3. The van der Waals surface area contributed by atoms with Gasteiger partial charge in [0.05, 0.1) is 5.56 Å². The summed E-state index contributed by atoms with van der Waals surface area (Å²) in [7, 11) is 0. The average Bonchev–Trinajstić information content (AvgIpc) is 2.53. The van der Waals surface area contributed by atoms with E-state index in [2.05, 4.69) is 15.6 Å². The first kappa shape index (κ1) is 19.4. The summed E-state index contributed by atoms with van der Waals surface area (Å²) < 4.78 is 38.2. The van der Waals surface area contributed by atoms with Crippen LogP contribution >= 0.6 is 0 Å². The number of halogens is 3. The van der Waals surface area contributed by atoms with Crippen LogP contribution in [-0.4, -0.2) is 22.3 Å². The lowest BCUT2D eigenvalue weighted by molar-refractivity contribution is -0.137. The van der Waals surface area contributed by atoms with Crippen LogP contribution in [0.3, 0.4) is 0 Å². The van der Waals surface area contributed by atoms with Gasteiger partial charge in [-0.15, -0.1) is 0 Å². The monoisotopic (exact) mass is 365 g/mol. The maximum absolute atomic E-state index is 12.7. The molecule has 1 aromatic heterocycles. The summed E-state index contributed by atoms with van der Waals surface area (Å²) in [4.78, 5) is 28.3. The SMILES string of the molecule is CC(C)(C)NC(=O)c1cccc(C(=O)Nc2cccc(C(F)(F)F)c2)n1. The van der Waals surface area contributed by atoms with Gasteiger partial charge in [0, 0.05) is 11.2 Å². The Kier molecular flexibility index (Phi) is 5.34. The third-order valence-corrected chi connectivity index (χ3v) is 3.15. The smallest absolute Gasteiger partial charge is 0.346 e. The van der Waals surface area contributed by atoms with Gasteiger partial charge >= 0.3 is 6.18 Å². The third kappa shape index (κ3) is 5.30. The minimum atomic E-state index is -4.51. The fraction of sp³-hybridized carbons (Fsp3) is 0.278. The summed E-state index contributed by atoms with van der Waals surface area (Å²) in [6.45, 7) is 5.40. The number of hydrogen-bond donors (Lipinski definition) is 2. The summed E-state index contributed by atoms with van der Waals surface area (Å²) in [5.41, 5.74) is -1.41. The highest BCUT2D eigenvalue weighted by atomic mass is 19.4. The highest BCUT2D eigenvalue weighted by Gasteiger charge is 2.30. The molecule has 2 amide bonds. The number of carbonyl (C=O) groups excluding carboxylic acids is 2. The van der Waals surface area contributed by atoms with Crippen LogP contribution in [0.1, 0.15) is 47.3 Å². The number of alkyl halides is 3. The highest BCUT2D eigenvalue weighted by molar-refractivity contribution is 6.03. The van der Waals surface area contributed by atoms with E-state index >= 15 is 0 Å².